The number of aromatic nitrogens is 5. The highest BCUT2D eigenvalue weighted by atomic mass is 32.1. The van der Waals surface area contributed by atoms with Gasteiger partial charge in [-0.3, -0.25) is 9.36 Å². The second-order valence-electron chi connectivity index (χ2n) is 16.4. The number of amides is 2. The molecule has 2 amide bonds. The lowest BCUT2D eigenvalue weighted by molar-refractivity contribution is -0.135. The minimum atomic E-state index is -0.741. The van der Waals surface area contributed by atoms with Crippen molar-refractivity contribution in [1.29, 1.82) is 0 Å². The van der Waals surface area contributed by atoms with E-state index in [0.717, 1.165) is 64.4 Å². The summed E-state index contributed by atoms with van der Waals surface area (Å²) in [5, 5.41) is 7.20. The fourth-order valence-electron chi connectivity index (χ4n) is 9.12. The number of likely N-dealkylation sites (tertiary alicyclic amines) is 1. The van der Waals surface area contributed by atoms with Crippen molar-refractivity contribution in [3.05, 3.63) is 88.1 Å². The van der Waals surface area contributed by atoms with E-state index in [0.29, 0.717) is 47.3 Å². The highest BCUT2D eigenvalue weighted by Gasteiger charge is 2.38. The lowest BCUT2D eigenvalue weighted by atomic mass is 9.84. The lowest BCUT2D eigenvalue weighted by Crippen LogP contribution is -2.51. The topological polar surface area (TPSA) is 142 Å². The van der Waals surface area contributed by atoms with Gasteiger partial charge in [-0.15, -0.1) is 11.3 Å². The van der Waals surface area contributed by atoms with E-state index in [2.05, 4.69) is 61.6 Å². The highest BCUT2D eigenvalue weighted by molar-refractivity contribution is 7.12. The number of rotatable bonds is 9. The first-order valence-corrected chi connectivity index (χ1v) is 21.3. The van der Waals surface area contributed by atoms with Gasteiger partial charge in [-0.1, -0.05) is 26.3 Å². The van der Waals surface area contributed by atoms with Gasteiger partial charge >= 0.3 is 6.09 Å². The fourth-order valence-corrected chi connectivity index (χ4v) is 10.3. The van der Waals surface area contributed by atoms with Crippen LogP contribution in [0.15, 0.2) is 60.9 Å². The van der Waals surface area contributed by atoms with Crippen molar-refractivity contribution in [2.45, 2.75) is 89.1 Å². The summed E-state index contributed by atoms with van der Waals surface area (Å²) in [5.41, 5.74) is 5.31. The number of hydrogen-bond acceptors (Lipinski definition) is 8. The Bertz CT molecular complexity index is 2530. The largest absolute Gasteiger partial charge is 0.464 e. The Balaban J connectivity index is 1.00. The Kier molecular flexibility index (Phi) is 9.35. The molecule has 4 aliphatic rings. The van der Waals surface area contributed by atoms with Crippen molar-refractivity contribution in [1.82, 2.24) is 40.0 Å². The minimum Gasteiger partial charge on any atom is -0.464 e. The van der Waals surface area contributed by atoms with Crippen molar-refractivity contribution in [2.24, 2.45) is 5.92 Å². The van der Waals surface area contributed by atoms with Crippen LogP contribution >= 0.6 is 11.3 Å². The van der Waals surface area contributed by atoms with Crippen LogP contribution in [0.4, 0.5) is 9.18 Å². The number of nitrogens with zero attached hydrogens (tertiary/aromatic N) is 4. The van der Waals surface area contributed by atoms with E-state index in [-0.39, 0.29) is 23.9 Å². The Morgan fingerprint density at radius 3 is 2.48 bits per heavy atom. The Morgan fingerprint density at radius 2 is 1.72 bits per heavy atom. The van der Waals surface area contributed by atoms with Gasteiger partial charge in [0, 0.05) is 27.9 Å². The molecular weight excluding hydrogens is 756 g/mol. The summed E-state index contributed by atoms with van der Waals surface area (Å²) in [6, 6.07) is 15.4. The molecule has 3 aliphatic heterocycles. The number of alkyl carbamates (subject to hydrolysis) is 1. The van der Waals surface area contributed by atoms with Gasteiger partial charge in [-0.05, 0) is 99.4 Å². The number of carbonyl (C=O) groups is 2. The molecule has 300 valence electrons. The molecule has 0 spiro atoms. The maximum absolute atomic E-state index is 16.7. The van der Waals surface area contributed by atoms with Crippen molar-refractivity contribution in [2.75, 3.05) is 20.2 Å². The van der Waals surface area contributed by atoms with Crippen LogP contribution in [0.2, 0.25) is 0 Å². The summed E-state index contributed by atoms with van der Waals surface area (Å²) in [6.45, 7) is 5.31. The number of benzene rings is 2. The average molecular weight is 803 g/mol. The Labute approximate surface area is 339 Å². The molecule has 1 saturated carbocycles. The van der Waals surface area contributed by atoms with Gasteiger partial charge in [-0.2, -0.15) is 0 Å². The normalized spacial score (nSPS) is 20.8. The zero-order valence-corrected chi connectivity index (χ0v) is 33.6. The molecule has 4 aromatic heterocycles. The number of aromatic amines is 2. The van der Waals surface area contributed by atoms with Gasteiger partial charge in [-0.25, -0.2) is 19.2 Å². The van der Waals surface area contributed by atoms with Crippen molar-refractivity contribution in [3.63, 3.8) is 0 Å². The first-order valence-electron chi connectivity index (χ1n) is 20.5. The predicted molar refractivity (Wildman–Crippen MR) is 220 cm³/mol. The predicted octanol–water partition coefficient (Wildman–Crippen LogP) is 8.96. The third-order valence-electron chi connectivity index (χ3n) is 12.5. The van der Waals surface area contributed by atoms with Crippen LogP contribution in [0.3, 0.4) is 0 Å². The molecule has 0 radical (unpaired) electrons. The molecule has 58 heavy (non-hydrogen) atoms. The second-order valence-corrected chi connectivity index (χ2v) is 17.5. The van der Waals surface area contributed by atoms with Crippen LogP contribution < -0.4 is 15.4 Å². The molecule has 2 aromatic carbocycles. The highest BCUT2D eigenvalue weighted by Crippen LogP contribution is 2.49. The van der Waals surface area contributed by atoms with Gasteiger partial charge in [0.2, 0.25) is 12.1 Å². The Morgan fingerprint density at radius 1 is 0.931 bits per heavy atom. The van der Waals surface area contributed by atoms with Gasteiger partial charge in [0.25, 0.3) is 0 Å². The number of fused-ring (bicyclic) bond motifs is 5. The zero-order valence-electron chi connectivity index (χ0n) is 32.8. The molecule has 6 aromatic rings. The summed E-state index contributed by atoms with van der Waals surface area (Å²) >= 11 is 1.78. The quantitative estimate of drug-likeness (QED) is 0.114. The standard InChI is InChI=1S/C44H47FN8O4S/c1-23(2)39(51-44(55)56-3)42(54)52-16-6-10-33(52)41-48-22-31(50-41)26-18-28(45)38-34-19-27-17-25(30-21-47-40(49-30)29-9-5-15-46-29)11-12-32(27)53(34)43(57-35(38)20-26)37-14-13-36(58-37)24-7-4-8-24/h11-14,17-24,29,33,39,43,46H,4-10,15-16H2,1-3H3,(H,47,49)(H,48,50)(H,51,55)/t29-,33-,39-,43?/m0/s1. The summed E-state index contributed by atoms with van der Waals surface area (Å²) in [4.78, 5) is 46.4. The molecule has 4 N–H and O–H groups in total. The van der Waals surface area contributed by atoms with E-state index in [1.807, 2.05) is 26.1 Å². The summed E-state index contributed by atoms with van der Waals surface area (Å²) in [6.07, 6.45) is 9.82. The van der Waals surface area contributed by atoms with E-state index < -0.39 is 24.2 Å². The molecule has 4 atom stereocenters. The smallest absolute Gasteiger partial charge is 0.407 e. The zero-order chi connectivity index (χ0) is 39.7. The minimum absolute atomic E-state index is 0.148. The number of halogens is 1. The van der Waals surface area contributed by atoms with Gasteiger partial charge < -0.3 is 35.0 Å². The van der Waals surface area contributed by atoms with Crippen molar-refractivity contribution >= 4 is 34.2 Å². The maximum atomic E-state index is 16.7. The van der Waals surface area contributed by atoms with Crippen molar-refractivity contribution < 1.29 is 23.5 Å². The SMILES string of the molecule is COC(=O)N[C@H](C(=O)N1CCC[C@H]1c1ncc(-c2cc(F)c3c(c2)OC(c2ccc(C4CCC4)s2)n2c-3cc3cc(-c4cnc([C@@H]5CCCN5)[nH]4)ccc32)[nH]1)C(C)C. The number of ether oxygens (including phenoxy) is 2. The molecule has 12 nitrogen and oxygen atoms in total. The third-order valence-corrected chi connectivity index (χ3v) is 13.7. The molecule has 2 saturated heterocycles. The molecule has 14 heteroatoms. The number of methoxy groups -OCH3 is 1. The van der Waals surface area contributed by atoms with Crippen LogP contribution in [0.5, 0.6) is 5.75 Å². The number of thiophene rings is 1. The van der Waals surface area contributed by atoms with Crippen LogP contribution in [-0.4, -0.2) is 67.6 Å². The van der Waals surface area contributed by atoms with Gasteiger partial charge in [0.15, 0.2) is 0 Å². The number of carbonyl (C=O) groups excluding carboxylic acids is 2. The molecular formula is C44H47FN8O4S. The van der Waals surface area contributed by atoms with E-state index >= 15 is 4.39 Å². The second kappa shape index (κ2) is 14.7. The van der Waals surface area contributed by atoms with Crippen LogP contribution in [0, 0.1) is 11.7 Å². The first-order chi connectivity index (χ1) is 28.2. The number of imidazole rings is 2. The van der Waals surface area contributed by atoms with E-state index in [4.69, 9.17) is 19.4 Å². The van der Waals surface area contributed by atoms with Crippen molar-refractivity contribution in [3.8, 4) is 39.5 Å². The van der Waals surface area contributed by atoms with Gasteiger partial charge in [0.05, 0.1) is 64.6 Å². The molecule has 3 fully saturated rings. The average Bonchev–Trinajstić information content (AvgIpc) is 4.04. The fraction of sp³-hybridized carbons (Fsp3) is 0.409. The van der Waals surface area contributed by atoms with Crippen LogP contribution in [0.1, 0.15) is 104 Å². The third kappa shape index (κ3) is 6.37. The number of hydrogen-bond donors (Lipinski definition) is 4. The lowest BCUT2D eigenvalue weighted by Gasteiger charge is -2.30. The number of H-pyrrole nitrogens is 2. The van der Waals surface area contributed by atoms with E-state index in [9.17, 15) is 9.59 Å². The molecule has 1 unspecified atom stereocenters. The molecule has 10 rings (SSSR count). The monoisotopic (exact) mass is 802 g/mol. The van der Waals surface area contributed by atoms with E-state index in [1.165, 1.54) is 37.3 Å². The summed E-state index contributed by atoms with van der Waals surface area (Å²) < 4.78 is 30.6. The molecule has 7 heterocycles. The maximum Gasteiger partial charge on any atom is 0.407 e. The number of nitrogens with one attached hydrogen (secondary N) is 4. The molecule has 0 bridgehead atoms. The van der Waals surface area contributed by atoms with E-state index in [1.54, 1.807) is 22.4 Å². The first kappa shape index (κ1) is 36.8. The summed E-state index contributed by atoms with van der Waals surface area (Å²) in [7, 11) is 1.28. The Hall–Kier alpha value is -5.47. The van der Waals surface area contributed by atoms with Crippen LogP contribution in [-0.2, 0) is 9.53 Å². The van der Waals surface area contributed by atoms with Gasteiger partial charge in [0.1, 0.15) is 29.3 Å². The summed E-state index contributed by atoms with van der Waals surface area (Å²) in [5.74, 6) is 1.87. The molecule has 1 aliphatic carbocycles. The van der Waals surface area contributed by atoms with Crippen LogP contribution in [0.25, 0.3) is 44.7 Å².